The van der Waals surface area contributed by atoms with E-state index in [1.54, 1.807) is 24.4 Å². The predicted molar refractivity (Wildman–Crippen MR) is 84.0 cm³/mol. The van der Waals surface area contributed by atoms with E-state index in [-0.39, 0.29) is 23.8 Å². The van der Waals surface area contributed by atoms with E-state index in [0.29, 0.717) is 18.2 Å². The van der Waals surface area contributed by atoms with Crippen molar-refractivity contribution in [3.63, 3.8) is 0 Å². The zero-order chi connectivity index (χ0) is 16.1. The summed E-state index contributed by atoms with van der Waals surface area (Å²) < 4.78 is 0. The van der Waals surface area contributed by atoms with Crippen molar-refractivity contribution in [2.45, 2.75) is 38.8 Å². The maximum atomic E-state index is 12.3. The first kappa shape index (κ1) is 16.4. The number of hydrogen-bond donors (Lipinski definition) is 3. The fourth-order valence-corrected chi connectivity index (χ4v) is 2.27. The minimum atomic E-state index is -0.596. The fourth-order valence-electron chi connectivity index (χ4n) is 2.27. The second kappa shape index (κ2) is 7.35. The van der Waals surface area contributed by atoms with Gasteiger partial charge in [0, 0.05) is 18.8 Å². The molecule has 1 aliphatic carbocycles. The molecule has 0 radical (unpaired) electrons. The van der Waals surface area contributed by atoms with Crippen molar-refractivity contribution in [1.29, 1.82) is 0 Å². The first-order chi connectivity index (χ1) is 10.5. The maximum Gasteiger partial charge on any atom is 0.270 e. The second-order valence-corrected chi connectivity index (χ2v) is 6.16. The number of rotatable bonds is 7. The first-order valence-corrected chi connectivity index (χ1v) is 7.74. The lowest BCUT2D eigenvalue weighted by Gasteiger charge is -2.22. The average Bonchev–Trinajstić information content (AvgIpc) is 3.35. The van der Waals surface area contributed by atoms with Gasteiger partial charge in [-0.1, -0.05) is 19.9 Å². The number of pyridine rings is 1. The van der Waals surface area contributed by atoms with Gasteiger partial charge in [0.25, 0.3) is 5.91 Å². The Morgan fingerprint density at radius 2 is 2.09 bits per heavy atom. The summed E-state index contributed by atoms with van der Waals surface area (Å²) in [5.74, 6) is -0.0398. The van der Waals surface area contributed by atoms with E-state index in [9.17, 15) is 9.59 Å². The zero-order valence-corrected chi connectivity index (χ0v) is 13.1. The third-order valence-corrected chi connectivity index (χ3v) is 3.87. The van der Waals surface area contributed by atoms with Gasteiger partial charge >= 0.3 is 0 Å². The van der Waals surface area contributed by atoms with Crippen LogP contribution in [0.1, 0.15) is 37.2 Å². The molecule has 1 aliphatic rings. The summed E-state index contributed by atoms with van der Waals surface area (Å²) in [6, 6.07) is 4.50. The molecule has 1 aromatic heterocycles. The Hall–Kier alpha value is -1.95. The second-order valence-electron chi connectivity index (χ2n) is 6.16. The number of nitrogens with zero attached hydrogens (tertiary/aromatic N) is 1. The Balaban J connectivity index is 1.90. The molecule has 2 unspecified atom stereocenters. The van der Waals surface area contributed by atoms with Crippen LogP contribution in [0.2, 0.25) is 0 Å². The molecule has 0 bridgehead atoms. The Kier molecular flexibility index (Phi) is 5.49. The molecule has 120 valence electrons. The maximum absolute atomic E-state index is 12.3. The van der Waals surface area contributed by atoms with Crippen molar-refractivity contribution in [3.8, 4) is 0 Å². The quantitative estimate of drug-likeness (QED) is 0.690. The topological polar surface area (TPSA) is 97.1 Å². The van der Waals surface area contributed by atoms with Crippen LogP contribution in [-0.4, -0.2) is 35.4 Å². The van der Waals surface area contributed by atoms with Gasteiger partial charge in [-0.05, 0) is 36.8 Å². The summed E-state index contributed by atoms with van der Waals surface area (Å²) in [5.41, 5.74) is 6.29. The number of amides is 2. The molecule has 6 heteroatoms. The van der Waals surface area contributed by atoms with Crippen LogP contribution in [0.5, 0.6) is 0 Å². The van der Waals surface area contributed by atoms with Crippen LogP contribution in [-0.2, 0) is 4.79 Å². The van der Waals surface area contributed by atoms with E-state index < -0.39 is 6.04 Å². The first-order valence-electron chi connectivity index (χ1n) is 7.74. The number of carbonyl (C=O) groups excluding carboxylic acids is 2. The van der Waals surface area contributed by atoms with Gasteiger partial charge in [-0.15, -0.1) is 0 Å². The van der Waals surface area contributed by atoms with Crippen molar-refractivity contribution in [3.05, 3.63) is 30.1 Å². The Morgan fingerprint density at radius 1 is 1.36 bits per heavy atom. The van der Waals surface area contributed by atoms with E-state index in [0.717, 1.165) is 12.8 Å². The lowest BCUT2D eigenvalue weighted by atomic mass is 10.0. The van der Waals surface area contributed by atoms with Crippen LogP contribution in [0.3, 0.4) is 0 Å². The molecule has 2 atom stereocenters. The minimum absolute atomic E-state index is 0.00301. The van der Waals surface area contributed by atoms with Crippen LogP contribution < -0.4 is 16.4 Å². The van der Waals surface area contributed by atoms with E-state index in [4.69, 9.17) is 5.73 Å². The van der Waals surface area contributed by atoms with Gasteiger partial charge in [-0.2, -0.15) is 0 Å². The number of carbonyl (C=O) groups is 2. The number of aromatic nitrogens is 1. The zero-order valence-electron chi connectivity index (χ0n) is 13.1. The minimum Gasteiger partial charge on any atom is -0.353 e. The molecule has 1 saturated carbocycles. The highest BCUT2D eigenvalue weighted by atomic mass is 16.2. The highest BCUT2D eigenvalue weighted by molar-refractivity contribution is 5.96. The lowest BCUT2D eigenvalue weighted by molar-refractivity contribution is -0.124. The molecule has 22 heavy (non-hydrogen) atoms. The van der Waals surface area contributed by atoms with Crippen LogP contribution in [0.4, 0.5) is 0 Å². The van der Waals surface area contributed by atoms with Gasteiger partial charge in [-0.25, -0.2) is 0 Å². The fraction of sp³-hybridized carbons (Fsp3) is 0.562. The van der Waals surface area contributed by atoms with Crippen molar-refractivity contribution in [2.75, 3.05) is 6.54 Å². The van der Waals surface area contributed by atoms with Gasteiger partial charge in [0.05, 0.1) is 0 Å². The highest BCUT2D eigenvalue weighted by Crippen LogP contribution is 2.31. The summed E-state index contributed by atoms with van der Waals surface area (Å²) in [6.45, 7) is 4.24. The molecule has 2 rings (SSSR count). The Morgan fingerprint density at radius 3 is 2.64 bits per heavy atom. The molecular weight excluding hydrogens is 280 g/mol. The van der Waals surface area contributed by atoms with Crippen molar-refractivity contribution < 1.29 is 9.59 Å². The van der Waals surface area contributed by atoms with E-state index in [2.05, 4.69) is 15.6 Å². The van der Waals surface area contributed by atoms with Gasteiger partial charge < -0.3 is 16.4 Å². The van der Waals surface area contributed by atoms with Gasteiger partial charge in [0.15, 0.2) is 0 Å². The number of nitrogens with two attached hydrogens (primary N) is 1. The third-order valence-electron chi connectivity index (χ3n) is 3.87. The molecule has 0 spiro atoms. The van der Waals surface area contributed by atoms with Crippen LogP contribution >= 0.6 is 0 Å². The third kappa shape index (κ3) is 4.53. The SMILES string of the molecule is CC(C)C(NC(=O)c1ccccn1)C(=O)NCC(N)C1CC1. The van der Waals surface area contributed by atoms with Gasteiger partial charge in [0.2, 0.25) is 5.91 Å². The Labute approximate surface area is 130 Å². The summed E-state index contributed by atoms with van der Waals surface area (Å²) in [5, 5.41) is 5.59. The molecule has 1 aromatic rings. The largest absolute Gasteiger partial charge is 0.353 e. The van der Waals surface area contributed by atoms with Crippen molar-refractivity contribution in [1.82, 2.24) is 15.6 Å². The monoisotopic (exact) mass is 304 g/mol. The van der Waals surface area contributed by atoms with Crippen LogP contribution in [0, 0.1) is 11.8 Å². The van der Waals surface area contributed by atoms with E-state index >= 15 is 0 Å². The van der Waals surface area contributed by atoms with E-state index in [1.165, 1.54) is 0 Å². The summed E-state index contributed by atoms with van der Waals surface area (Å²) in [6.07, 6.45) is 3.83. The molecular formula is C16H24N4O2. The van der Waals surface area contributed by atoms with Gasteiger partial charge in [0.1, 0.15) is 11.7 Å². The summed E-state index contributed by atoms with van der Waals surface area (Å²) >= 11 is 0. The molecule has 0 aliphatic heterocycles. The van der Waals surface area contributed by atoms with Crippen molar-refractivity contribution in [2.24, 2.45) is 17.6 Å². The van der Waals surface area contributed by atoms with Crippen LogP contribution in [0.25, 0.3) is 0 Å². The number of nitrogens with one attached hydrogen (secondary N) is 2. The average molecular weight is 304 g/mol. The normalized spacial score (nSPS) is 16.9. The summed E-state index contributed by atoms with van der Waals surface area (Å²) in [4.78, 5) is 28.4. The molecule has 6 nitrogen and oxygen atoms in total. The number of hydrogen-bond acceptors (Lipinski definition) is 4. The Bertz CT molecular complexity index is 514. The summed E-state index contributed by atoms with van der Waals surface area (Å²) in [7, 11) is 0. The standard InChI is InChI=1S/C16H24N4O2/c1-10(2)14(16(22)19-9-12(17)11-6-7-11)20-15(21)13-5-3-4-8-18-13/h3-5,8,10-12,14H,6-7,9,17H2,1-2H3,(H,19,22)(H,20,21). The molecule has 0 saturated heterocycles. The molecule has 0 aromatic carbocycles. The predicted octanol–water partition coefficient (Wildman–Crippen LogP) is 0.690. The smallest absolute Gasteiger partial charge is 0.270 e. The molecule has 2 amide bonds. The molecule has 4 N–H and O–H groups in total. The van der Waals surface area contributed by atoms with Crippen LogP contribution in [0.15, 0.2) is 24.4 Å². The lowest BCUT2D eigenvalue weighted by Crippen LogP contribution is -2.52. The van der Waals surface area contributed by atoms with E-state index in [1.807, 2.05) is 13.8 Å². The molecule has 1 fully saturated rings. The van der Waals surface area contributed by atoms with Crippen molar-refractivity contribution >= 4 is 11.8 Å². The molecule has 1 heterocycles. The van der Waals surface area contributed by atoms with Gasteiger partial charge in [-0.3, -0.25) is 14.6 Å². The highest BCUT2D eigenvalue weighted by Gasteiger charge is 2.30.